The molecule has 4 N–H and O–H groups in total. The summed E-state index contributed by atoms with van der Waals surface area (Å²) in [4.78, 5) is 10.7. The van der Waals surface area contributed by atoms with Crippen LogP contribution in [0.3, 0.4) is 0 Å². The monoisotopic (exact) mass is 283 g/mol. The Hall–Kier alpha value is -0.446. The fourth-order valence-corrected chi connectivity index (χ4v) is 1.06. The number of hydrogen-bond acceptors (Lipinski definition) is 3. The number of phenols is 1. The van der Waals surface area contributed by atoms with Crippen LogP contribution in [-0.2, 0) is 43.9 Å². The number of hydrogen-bond donors (Lipinski definition) is 3. The van der Waals surface area contributed by atoms with E-state index in [0.29, 0.717) is 0 Å². The van der Waals surface area contributed by atoms with Gasteiger partial charge in [-0.05, 0) is 13.3 Å². The van der Waals surface area contributed by atoms with Crippen molar-refractivity contribution in [2.75, 3.05) is 0 Å². The predicted molar refractivity (Wildman–Crippen MR) is 50.9 cm³/mol. The second-order valence-corrected chi connectivity index (χ2v) is 3.48. The average Bonchev–Trinajstić information content (AvgIpc) is 2.08. The number of carboxylic acids is 1. The molecule has 0 saturated heterocycles. The third-order valence-electron chi connectivity index (χ3n) is 1.92. The zero-order valence-corrected chi connectivity index (χ0v) is 11.2. The molecule has 5 heteroatoms. The summed E-state index contributed by atoms with van der Waals surface area (Å²) in [6.45, 7) is 1.45. The van der Waals surface area contributed by atoms with Crippen molar-refractivity contribution in [1.29, 1.82) is 0 Å². The normalized spacial score (nSPS) is 13.7. The summed E-state index contributed by atoms with van der Waals surface area (Å²) in [5.74, 6) is -1.02. The zero-order valence-electron chi connectivity index (χ0n) is 8.40. The van der Waals surface area contributed by atoms with E-state index in [0.717, 1.165) is 5.56 Å². The summed E-state index contributed by atoms with van der Waals surface area (Å²) >= 11 is 0. The molecule has 0 bridgehead atoms. The number of aliphatic carboxylic acids is 1. The summed E-state index contributed by atoms with van der Waals surface area (Å²) in [5.41, 5.74) is 5.00. The maximum absolute atomic E-state index is 10.7. The summed E-state index contributed by atoms with van der Waals surface area (Å²) in [5, 5.41) is 17.7. The molecule has 1 unspecified atom stereocenters. The minimum atomic E-state index is -1.29. The Labute approximate surface area is 113 Å². The first kappa shape index (κ1) is 14.6. The third-order valence-corrected chi connectivity index (χ3v) is 1.92. The molecule has 15 heavy (non-hydrogen) atoms. The van der Waals surface area contributed by atoms with Crippen molar-refractivity contribution in [3.63, 3.8) is 0 Å². The second-order valence-electron chi connectivity index (χ2n) is 3.48. The first-order valence-electron chi connectivity index (χ1n) is 4.14. The van der Waals surface area contributed by atoms with E-state index in [-0.39, 0.29) is 44.9 Å². The van der Waals surface area contributed by atoms with Crippen LogP contribution in [0, 0.1) is 6.07 Å². The molecule has 0 aromatic heterocycles. The van der Waals surface area contributed by atoms with Crippen molar-refractivity contribution in [2.45, 2.75) is 18.9 Å². The number of benzene rings is 1. The van der Waals surface area contributed by atoms with Gasteiger partial charge in [0.15, 0.2) is 0 Å². The summed E-state index contributed by atoms with van der Waals surface area (Å²) < 4.78 is 0. The maximum Gasteiger partial charge on any atom is 0.322 e. The Bertz CT molecular complexity index is 335. The van der Waals surface area contributed by atoms with E-state index in [1.165, 1.54) is 19.1 Å². The van der Waals surface area contributed by atoms with E-state index in [4.69, 9.17) is 15.9 Å². The number of phenolic OH excluding ortho intramolecular Hbond substituents is 1. The van der Waals surface area contributed by atoms with Gasteiger partial charge in [0.05, 0.1) is 0 Å². The minimum absolute atomic E-state index is 0. The second kappa shape index (κ2) is 5.59. The molecule has 0 aliphatic carbocycles. The molecule has 0 heterocycles. The molecule has 1 radical (unpaired) electrons. The molecule has 0 aliphatic rings. The Morgan fingerprint density at radius 3 is 2.60 bits per heavy atom. The molecule has 0 spiro atoms. The summed E-state index contributed by atoms with van der Waals surface area (Å²) in [7, 11) is 0. The molecule has 1 aromatic rings. The summed E-state index contributed by atoms with van der Waals surface area (Å²) in [6, 6.07) is 7.18. The van der Waals surface area contributed by atoms with Gasteiger partial charge < -0.3 is 15.9 Å². The molecular weight excluding hydrogens is 271 g/mol. The van der Waals surface area contributed by atoms with E-state index < -0.39 is 11.5 Å². The van der Waals surface area contributed by atoms with Gasteiger partial charge in [-0.1, -0.05) is 0 Å². The number of aromatic hydroxyl groups is 1. The molecule has 0 aliphatic heterocycles. The molecular formula is C10H12NO3Y-. The quantitative estimate of drug-likeness (QED) is 0.707. The number of carboxylic acid groups (broad SMARTS) is 1. The Kier molecular flexibility index (Phi) is 5.42. The van der Waals surface area contributed by atoms with Crippen LogP contribution in [-0.4, -0.2) is 21.7 Å². The molecule has 79 valence electrons. The topological polar surface area (TPSA) is 83.5 Å². The minimum Gasteiger partial charge on any atom is -0.534 e. The van der Waals surface area contributed by atoms with Crippen molar-refractivity contribution >= 4 is 5.97 Å². The smallest absolute Gasteiger partial charge is 0.322 e. The maximum atomic E-state index is 10.7. The molecule has 1 atom stereocenters. The van der Waals surface area contributed by atoms with Gasteiger partial charge >= 0.3 is 5.97 Å². The van der Waals surface area contributed by atoms with Crippen molar-refractivity contribution in [1.82, 2.24) is 0 Å². The molecule has 0 fully saturated rings. The van der Waals surface area contributed by atoms with Gasteiger partial charge in [0.25, 0.3) is 0 Å². The Balaban J connectivity index is 0.00000196. The van der Waals surface area contributed by atoms with E-state index >= 15 is 0 Å². The number of rotatable bonds is 3. The predicted octanol–water partition coefficient (Wildman–Crippen LogP) is 0.534. The molecule has 1 aromatic carbocycles. The van der Waals surface area contributed by atoms with E-state index in [2.05, 4.69) is 6.07 Å². The third kappa shape index (κ3) is 4.28. The van der Waals surface area contributed by atoms with Gasteiger partial charge in [-0.25, -0.2) is 0 Å². The molecule has 0 saturated carbocycles. The summed E-state index contributed by atoms with van der Waals surface area (Å²) in [6.07, 6.45) is 0.207. The number of nitrogens with two attached hydrogens (primary N) is 1. The van der Waals surface area contributed by atoms with Crippen LogP contribution in [0.25, 0.3) is 0 Å². The Morgan fingerprint density at radius 2 is 2.20 bits per heavy atom. The first-order valence-corrected chi connectivity index (χ1v) is 4.14. The van der Waals surface area contributed by atoms with Crippen LogP contribution in [0.4, 0.5) is 0 Å². The van der Waals surface area contributed by atoms with Gasteiger partial charge in [-0.15, -0.1) is 12.1 Å². The SMILES string of the molecule is CC(N)(Cc1c[c-]c(O)cc1)C(=O)O.[Y]. The average molecular weight is 283 g/mol. The van der Waals surface area contributed by atoms with Crippen LogP contribution >= 0.6 is 0 Å². The van der Waals surface area contributed by atoms with Crippen LogP contribution in [0.5, 0.6) is 5.75 Å². The standard InChI is InChI=1S/C10H12NO3.Y/c1-10(11,9(13)14)6-7-2-4-8(12)5-3-7;/h2-4,12H,6,11H2,1H3,(H,13,14);/q-1;. The van der Waals surface area contributed by atoms with Crippen LogP contribution in [0.2, 0.25) is 0 Å². The number of carbonyl (C=O) groups is 1. The first-order chi connectivity index (χ1) is 6.42. The van der Waals surface area contributed by atoms with Gasteiger partial charge in [0.1, 0.15) is 5.54 Å². The molecule has 1 rings (SSSR count). The molecule has 0 amide bonds. The van der Waals surface area contributed by atoms with Gasteiger partial charge in [-0.2, -0.15) is 17.7 Å². The van der Waals surface area contributed by atoms with Crippen molar-refractivity contribution < 1.29 is 47.7 Å². The van der Waals surface area contributed by atoms with E-state index in [9.17, 15) is 4.79 Å². The van der Waals surface area contributed by atoms with Gasteiger partial charge in [0.2, 0.25) is 0 Å². The van der Waals surface area contributed by atoms with E-state index in [1.54, 1.807) is 6.07 Å². The van der Waals surface area contributed by atoms with Crippen molar-refractivity contribution in [2.24, 2.45) is 5.73 Å². The fraction of sp³-hybridized carbons (Fsp3) is 0.300. The van der Waals surface area contributed by atoms with Crippen LogP contribution in [0.15, 0.2) is 18.2 Å². The Morgan fingerprint density at radius 1 is 1.60 bits per heavy atom. The van der Waals surface area contributed by atoms with Crippen molar-refractivity contribution in [3.05, 3.63) is 29.8 Å². The zero-order chi connectivity index (χ0) is 10.8. The van der Waals surface area contributed by atoms with Gasteiger partial charge in [0, 0.05) is 38.5 Å². The fourth-order valence-electron chi connectivity index (χ4n) is 1.06. The molecule has 4 nitrogen and oxygen atoms in total. The van der Waals surface area contributed by atoms with Gasteiger partial charge in [-0.3, -0.25) is 4.79 Å². The van der Waals surface area contributed by atoms with Crippen LogP contribution < -0.4 is 5.73 Å². The largest absolute Gasteiger partial charge is 0.534 e. The van der Waals surface area contributed by atoms with Crippen molar-refractivity contribution in [3.8, 4) is 5.75 Å². The van der Waals surface area contributed by atoms with E-state index in [1.807, 2.05) is 0 Å². The van der Waals surface area contributed by atoms with Crippen LogP contribution in [0.1, 0.15) is 12.5 Å².